The van der Waals surface area contributed by atoms with Crippen molar-refractivity contribution in [2.24, 2.45) is 0 Å². The smallest absolute Gasteiger partial charge is 0.106 e. The summed E-state index contributed by atoms with van der Waals surface area (Å²) in [6.07, 6.45) is -1.66. The molecular formula is C16H19NO2. The van der Waals surface area contributed by atoms with Gasteiger partial charge in [0.15, 0.2) is 0 Å². The topological polar surface area (TPSA) is 52.5 Å². The van der Waals surface area contributed by atoms with Gasteiger partial charge in [-0.2, -0.15) is 0 Å². The van der Waals surface area contributed by atoms with Crippen LogP contribution in [0.25, 0.3) is 11.1 Å². The van der Waals surface area contributed by atoms with Crippen molar-refractivity contribution in [2.45, 2.75) is 12.2 Å². The Hall–Kier alpha value is -1.68. The van der Waals surface area contributed by atoms with Crippen LogP contribution in [0.1, 0.15) is 11.7 Å². The van der Waals surface area contributed by atoms with Crippen LogP contribution in [0.3, 0.4) is 0 Å². The van der Waals surface area contributed by atoms with E-state index in [9.17, 15) is 10.2 Å². The van der Waals surface area contributed by atoms with Crippen LogP contribution in [0, 0.1) is 0 Å². The maximum Gasteiger partial charge on any atom is 0.106 e. The predicted octanol–water partition coefficient (Wildman–Crippen LogP) is 1.97. The molecule has 2 unspecified atom stereocenters. The van der Waals surface area contributed by atoms with Gasteiger partial charge in [0.05, 0.1) is 6.10 Å². The van der Waals surface area contributed by atoms with Gasteiger partial charge in [-0.25, -0.2) is 0 Å². The van der Waals surface area contributed by atoms with Gasteiger partial charge < -0.3 is 15.5 Å². The molecule has 0 aliphatic rings. The summed E-state index contributed by atoms with van der Waals surface area (Å²) in [5.41, 5.74) is 2.96. The van der Waals surface area contributed by atoms with Gasteiger partial charge in [-0.1, -0.05) is 54.6 Å². The minimum atomic E-state index is -0.864. The van der Waals surface area contributed by atoms with Crippen molar-refractivity contribution in [3.8, 4) is 11.1 Å². The quantitative estimate of drug-likeness (QED) is 0.767. The second-order valence-corrected chi connectivity index (χ2v) is 4.56. The van der Waals surface area contributed by atoms with Crippen LogP contribution in [0.2, 0.25) is 0 Å². The Morgan fingerprint density at radius 1 is 0.895 bits per heavy atom. The molecule has 0 fully saturated rings. The third-order valence-electron chi connectivity index (χ3n) is 3.14. The predicted molar refractivity (Wildman–Crippen MR) is 76.8 cm³/mol. The number of likely N-dealkylation sites (N-methyl/N-ethyl adjacent to an activating group) is 1. The maximum absolute atomic E-state index is 9.99. The summed E-state index contributed by atoms with van der Waals surface area (Å²) in [4.78, 5) is 0. The normalized spacial score (nSPS) is 14.1. The summed E-state index contributed by atoms with van der Waals surface area (Å²) >= 11 is 0. The molecule has 2 rings (SSSR count). The lowest BCUT2D eigenvalue weighted by Gasteiger charge is -2.18. The molecule has 100 valence electrons. The summed E-state index contributed by atoms with van der Waals surface area (Å²) in [5.74, 6) is 0. The third-order valence-corrected chi connectivity index (χ3v) is 3.14. The molecule has 2 aromatic rings. The zero-order valence-electron chi connectivity index (χ0n) is 11.0. The molecule has 0 saturated carbocycles. The van der Waals surface area contributed by atoms with Gasteiger partial charge in [0.2, 0.25) is 0 Å². The number of aliphatic hydroxyl groups excluding tert-OH is 2. The molecule has 3 N–H and O–H groups in total. The summed E-state index contributed by atoms with van der Waals surface area (Å²) in [6.45, 7) is 0.363. The second-order valence-electron chi connectivity index (χ2n) is 4.56. The molecule has 19 heavy (non-hydrogen) atoms. The van der Waals surface area contributed by atoms with Crippen LogP contribution in [0.15, 0.2) is 54.6 Å². The SMILES string of the molecule is CNCC(O)C(O)c1ccc(-c2ccccc2)cc1. The van der Waals surface area contributed by atoms with Crippen LogP contribution in [0.5, 0.6) is 0 Å². The highest BCUT2D eigenvalue weighted by Gasteiger charge is 2.17. The summed E-state index contributed by atoms with van der Waals surface area (Å²) in [7, 11) is 1.74. The first kappa shape index (κ1) is 13.7. The number of benzene rings is 2. The lowest BCUT2D eigenvalue weighted by atomic mass is 9.99. The van der Waals surface area contributed by atoms with E-state index < -0.39 is 12.2 Å². The Labute approximate surface area is 113 Å². The molecule has 2 atom stereocenters. The van der Waals surface area contributed by atoms with Gasteiger partial charge in [0.1, 0.15) is 6.10 Å². The first-order chi connectivity index (χ1) is 9.22. The molecule has 3 heteroatoms. The van der Waals surface area contributed by atoms with Gasteiger partial charge in [0.25, 0.3) is 0 Å². The van der Waals surface area contributed by atoms with Gasteiger partial charge >= 0.3 is 0 Å². The Bertz CT molecular complexity index is 496. The molecule has 2 aromatic carbocycles. The van der Waals surface area contributed by atoms with Crippen molar-refractivity contribution in [3.63, 3.8) is 0 Å². The first-order valence-electron chi connectivity index (χ1n) is 6.38. The van der Waals surface area contributed by atoms with Crippen LogP contribution in [0.4, 0.5) is 0 Å². The van der Waals surface area contributed by atoms with Crippen LogP contribution >= 0.6 is 0 Å². The standard InChI is InChI=1S/C16H19NO2/c1-17-11-15(18)16(19)14-9-7-13(8-10-14)12-5-3-2-4-6-12/h2-10,15-19H,11H2,1H3. The average molecular weight is 257 g/mol. The first-order valence-corrected chi connectivity index (χ1v) is 6.38. The molecule has 0 aliphatic heterocycles. The molecule has 0 heterocycles. The number of hydrogen-bond acceptors (Lipinski definition) is 3. The fourth-order valence-electron chi connectivity index (χ4n) is 2.05. The summed E-state index contributed by atoms with van der Waals surface area (Å²) < 4.78 is 0. The molecule has 0 aliphatic carbocycles. The number of rotatable bonds is 5. The molecule has 0 radical (unpaired) electrons. The van der Waals surface area contributed by atoms with E-state index in [1.54, 1.807) is 7.05 Å². The monoisotopic (exact) mass is 257 g/mol. The minimum Gasteiger partial charge on any atom is -0.389 e. The van der Waals surface area contributed by atoms with E-state index in [0.717, 1.165) is 16.7 Å². The highest BCUT2D eigenvalue weighted by Crippen LogP contribution is 2.23. The molecular weight excluding hydrogens is 238 g/mol. The second kappa shape index (κ2) is 6.48. The maximum atomic E-state index is 9.99. The zero-order chi connectivity index (χ0) is 13.7. The van der Waals surface area contributed by atoms with E-state index in [1.165, 1.54) is 0 Å². The minimum absolute atomic E-state index is 0.363. The molecule has 0 spiro atoms. The molecule has 0 aromatic heterocycles. The lowest BCUT2D eigenvalue weighted by Crippen LogP contribution is -2.29. The van der Waals surface area contributed by atoms with E-state index >= 15 is 0 Å². The highest BCUT2D eigenvalue weighted by molar-refractivity contribution is 5.63. The van der Waals surface area contributed by atoms with Crippen molar-refractivity contribution < 1.29 is 10.2 Å². The summed E-state index contributed by atoms with van der Waals surface area (Å²) in [6, 6.07) is 17.7. The lowest BCUT2D eigenvalue weighted by molar-refractivity contribution is 0.0202. The van der Waals surface area contributed by atoms with Crippen molar-refractivity contribution in [2.75, 3.05) is 13.6 Å². The fourth-order valence-corrected chi connectivity index (χ4v) is 2.05. The zero-order valence-corrected chi connectivity index (χ0v) is 11.0. The van der Waals surface area contributed by atoms with Crippen molar-refractivity contribution in [3.05, 3.63) is 60.2 Å². The Morgan fingerprint density at radius 2 is 1.47 bits per heavy atom. The third kappa shape index (κ3) is 3.41. The number of aliphatic hydroxyl groups is 2. The molecule has 0 saturated heterocycles. The van der Waals surface area contributed by atoms with Gasteiger partial charge in [-0.05, 0) is 23.7 Å². The van der Waals surface area contributed by atoms with Gasteiger partial charge in [-0.3, -0.25) is 0 Å². The Balaban J connectivity index is 2.15. The largest absolute Gasteiger partial charge is 0.389 e. The van der Waals surface area contributed by atoms with E-state index in [-0.39, 0.29) is 0 Å². The van der Waals surface area contributed by atoms with Gasteiger partial charge in [0, 0.05) is 6.54 Å². The van der Waals surface area contributed by atoms with Gasteiger partial charge in [-0.15, -0.1) is 0 Å². The Morgan fingerprint density at radius 3 is 2.05 bits per heavy atom. The van der Waals surface area contributed by atoms with E-state index in [0.29, 0.717) is 6.54 Å². The van der Waals surface area contributed by atoms with Crippen molar-refractivity contribution >= 4 is 0 Å². The molecule has 0 bridgehead atoms. The molecule has 3 nitrogen and oxygen atoms in total. The Kier molecular flexibility index (Phi) is 4.68. The number of nitrogens with one attached hydrogen (secondary N) is 1. The van der Waals surface area contributed by atoms with E-state index in [2.05, 4.69) is 5.32 Å². The van der Waals surface area contributed by atoms with E-state index in [1.807, 2.05) is 54.6 Å². The van der Waals surface area contributed by atoms with Crippen molar-refractivity contribution in [1.29, 1.82) is 0 Å². The van der Waals surface area contributed by atoms with Crippen LogP contribution in [-0.4, -0.2) is 29.9 Å². The summed E-state index contributed by atoms with van der Waals surface area (Å²) in [5, 5.41) is 22.6. The molecule has 0 amide bonds. The van der Waals surface area contributed by atoms with Crippen molar-refractivity contribution in [1.82, 2.24) is 5.32 Å². The average Bonchev–Trinajstić information content (AvgIpc) is 2.48. The number of hydrogen-bond donors (Lipinski definition) is 3. The van der Waals surface area contributed by atoms with Crippen LogP contribution < -0.4 is 5.32 Å². The van der Waals surface area contributed by atoms with Crippen LogP contribution in [-0.2, 0) is 0 Å². The van der Waals surface area contributed by atoms with E-state index in [4.69, 9.17) is 0 Å². The highest BCUT2D eigenvalue weighted by atomic mass is 16.3. The fraction of sp³-hybridized carbons (Fsp3) is 0.250.